The second kappa shape index (κ2) is 5.42. The second-order valence-corrected chi connectivity index (χ2v) is 4.89. The third-order valence-corrected chi connectivity index (χ3v) is 3.27. The van der Waals surface area contributed by atoms with Crippen LogP contribution in [0.15, 0.2) is 53.5 Å². The summed E-state index contributed by atoms with van der Waals surface area (Å²) in [6.07, 6.45) is 1.38. The van der Waals surface area contributed by atoms with Crippen molar-refractivity contribution in [2.24, 2.45) is 4.99 Å². The van der Waals surface area contributed by atoms with E-state index in [9.17, 15) is 10.2 Å². The molecule has 0 spiro atoms. The lowest BCUT2D eigenvalue weighted by atomic mass is 10.1. The number of rotatable bonds is 2. The number of halogens is 1. The van der Waals surface area contributed by atoms with Crippen LogP contribution in [0.25, 0.3) is 10.9 Å². The summed E-state index contributed by atoms with van der Waals surface area (Å²) < 4.78 is 0. The summed E-state index contributed by atoms with van der Waals surface area (Å²) in [4.78, 5) is 8.24. The Morgan fingerprint density at radius 1 is 1.05 bits per heavy atom. The summed E-state index contributed by atoms with van der Waals surface area (Å²) in [5, 5.41) is 21.2. The molecule has 0 atom stereocenters. The summed E-state index contributed by atoms with van der Waals surface area (Å²) in [5.74, 6) is -0.373. The number of aliphatic imine (C=N–C) groups is 1. The molecule has 2 aromatic carbocycles. The summed E-state index contributed by atoms with van der Waals surface area (Å²) in [5.41, 5.74) is 1.34. The van der Waals surface area contributed by atoms with Crippen LogP contribution in [-0.4, -0.2) is 21.4 Å². The fourth-order valence-electron chi connectivity index (χ4n) is 1.99. The molecule has 0 aliphatic heterocycles. The highest BCUT2D eigenvalue weighted by Gasteiger charge is 2.12. The highest BCUT2D eigenvalue weighted by atomic mass is 35.5. The van der Waals surface area contributed by atoms with Gasteiger partial charge in [-0.2, -0.15) is 0 Å². The molecule has 0 fully saturated rings. The molecule has 0 saturated carbocycles. The summed E-state index contributed by atoms with van der Waals surface area (Å²) in [6.45, 7) is 0. The van der Waals surface area contributed by atoms with E-state index in [0.29, 0.717) is 21.6 Å². The number of hydrogen-bond donors (Lipinski definition) is 2. The van der Waals surface area contributed by atoms with Crippen LogP contribution in [-0.2, 0) is 0 Å². The average Bonchev–Trinajstić information content (AvgIpc) is 2.49. The van der Waals surface area contributed by atoms with Gasteiger partial charge >= 0.3 is 0 Å². The molecule has 3 rings (SSSR count). The van der Waals surface area contributed by atoms with Gasteiger partial charge in [-0.25, -0.2) is 4.98 Å². The number of aromatic nitrogens is 1. The minimum atomic E-state index is -0.276. The van der Waals surface area contributed by atoms with Gasteiger partial charge in [0.25, 0.3) is 0 Å². The van der Waals surface area contributed by atoms with Crippen molar-refractivity contribution in [2.75, 3.05) is 0 Å². The first-order chi connectivity index (χ1) is 10.1. The minimum Gasteiger partial charge on any atom is -0.506 e. The molecule has 0 radical (unpaired) electrons. The third kappa shape index (κ3) is 2.66. The number of nitrogens with zero attached hydrogens (tertiary/aromatic N) is 2. The molecule has 1 heterocycles. The molecule has 0 bridgehead atoms. The molecule has 3 aromatic rings. The van der Waals surface area contributed by atoms with Gasteiger partial charge in [0, 0.05) is 16.6 Å². The maximum absolute atomic E-state index is 10.3. The summed E-state index contributed by atoms with van der Waals surface area (Å²) >= 11 is 5.92. The van der Waals surface area contributed by atoms with Crippen LogP contribution in [0.3, 0.4) is 0 Å². The molecule has 0 unspecified atom stereocenters. The number of hydrogen-bond acceptors (Lipinski definition) is 4. The molecular formula is C16H11ClN2O2. The maximum Gasteiger partial charge on any atom is 0.224 e. The van der Waals surface area contributed by atoms with Crippen LogP contribution in [0.5, 0.6) is 11.6 Å². The largest absolute Gasteiger partial charge is 0.506 e. The van der Waals surface area contributed by atoms with E-state index >= 15 is 0 Å². The van der Waals surface area contributed by atoms with Gasteiger partial charge in [0.15, 0.2) is 0 Å². The lowest BCUT2D eigenvalue weighted by Crippen LogP contribution is -1.90. The minimum absolute atomic E-state index is 0.0975. The first-order valence-electron chi connectivity index (χ1n) is 6.25. The first kappa shape index (κ1) is 13.4. The molecule has 0 aliphatic carbocycles. The normalized spacial score (nSPS) is 11.3. The summed E-state index contributed by atoms with van der Waals surface area (Å²) in [7, 11) is 0. The predicted octanol–water partition coefficient (Wildman–Crippen LogP) is 4.05. The Hall–Kier alpha value is -2.59. The molecule has 0 saturated heterocycles. The van der Waals surface area contributed by atoms with Crippen molar-refractivity contribution in [3.8, 4) is 11.6 Å². The van der Waals surface area contributed by atoms with Gasteiger partial charge in [0.05, 0.1) is 16.8 Å². The zero-order valence-electron chi connectivity index (χ0n) is 10.9. The van der Waals surface area contributed by atoms with E-state index in [1.54, 1.807) is 18.2 Å². The molecule has 5 heteroatoms. The second-order valence-electron chi connectivity index (χ2n) is 4.45. The molecular weight excluding hydrogens is 288 g/mol. The highest BCUT2D eigenvalue weighted by Crippen LogP contribution is 2.33. The number of fused-ring (bicyclic) bond motifs is 1. The van der Waals surface area contributed by atoms with Gasteiger partial charge < -0.3 is 10.2 Å². The third-order valence-electron chi connectivity index (χ3n) is 3.04. The van der Waals surface area contributed by atoms with E-state index < -0.39 is 0 Å². The van der Waals surface area contributed by atoms with E-state index in [0.717, 1.165) is 0 Å². The number of aromatic hydroxyl groups is 2. The van der Waals surface area contributed by atoms with Crippen LogP contribution in [0.2, 0.25) is 5.02 Å². The molecule has 0 amide bonds. The Balaban J connectivity index is 2.12. The van der Waals surface area contributed by atoms with Crippen LogP contribution < -0.4 is 0 Å². The average molecular weight is 299 g/mol. The van der Waals surface area contributed by atoms with Gasteiger partial charge in [0.1, 0.15) is 5.75 Å². The van der Waals surface area contributed by atoms with E-state index in [1.165, 1.54) is 6.21 Å². The van der Waals surface area contributed by atoms with Gasteiger partial charge in [-0.1, -0.05) is 29.8 Å². The van der Waals surface area contributed by atoms with Crippen molar-refractivity contribution >= 4 is 34.4 Å². The predicted molar refractivity (Wildman–Crippen MR) is 83.8 cm³/mol. The van der Waals surface area contributed by atoms with Crippen LogP contribution in [0.1, 0.15) is 5.56 Å². The lowest BCUT2D eigenvalue weighted by Gasteiger charge is -2.06. The fraction of sp³-hybridized carbons (Fsp3) is 0. The lowest BCUT2D eigenvalue weighted by molar-refractivity contribution is 0.439. The fourth-order valence-corrected chi connectivity index (χ4v) is 2.16. The molecule has 4 nitrogen and oxygen atoms in total. The van der Waals surface area contributed by atoms with Crippen molar-refractivity contribution in [3.63, 3.8) is 0 Å². The van der Waals surface area contributed by atoms with Gasteiger partial charge in [-0.3, -0.25) is 4.99 Å². The topological polar surface area (TPSA) is 65.7 Å². The zero-order valence-corrected chi connectivity index (χ0v) is 11.6. The van der Waals surface area contributed by atoms with Crippen molar-refractivity contribution in [2.45, 2.75) is 0 Å². The molecule has 0 aliphatic rings. The van der Waals surface area contributed by atoms with Crippen LogP contribution >= 0.6 is 11.6 Å². The van der Waals surface area contributed by atoms with E-state index in [-0.39, 0.29) is 17.2 Å². The Bertz CT molecular complexity index is 833. The molecule has 104 valence electrons. The number of para-hydroxylation sites is 1. The van der Waals surface area contributed by atoms with E-state index in [2.05, 4.69) is 9.98 Å². The van der Waals surface area contributed by atoms with Crippen molar-refractivity contribution < 1.29 is 10.2 Å². The number of benzene rings is 2. The summed E-state index contributed by atoms with van der Waals surface area (Å²) in [6, 6.07) is 14.1. The molecule has 2 N–H and O–H groups in total. The van der Waals surface area contributed by atoms with Crippen molar-refractivity contribution in [1.29, 1.82) is 0 Å². The molecule has 21 heavy (non-hydrogen) atoms. The Kier molecular flexibility index (Phi) is 3.46. The van der Waals surface area contributed by atoms with Crippen molar-refractivity contribution in [3.05, 3.63) is 59.1 Å². The van der Waals surface area contributed by atoms with E-state index in [4.69, 9.17) is 11.6 Å². The van der Waals surface area contributed by atoms with Gasteiger partial charge in [-0.15, -0.1) is 0 Å². The van der Waals surface area contributed by atoms with Crippen LogP contribution in [0.4, 0.5) is 5.69 Å². The van der Waals surface area contributed by atoms with E-state index in [1.807, 2.05) is 30.3 Å². The van der Waals surface area contributed by atoms with Gasteiger partial charge in [-0.05, 0) is 30.3 Å². The highest BCUT2D eigenvalue weighted by molar-refractivity contribution is 6.31. The standard InChI is InChI=1S/C16H11ClN2O2/c17-10-6-7-14-12(8-10)15(20)13(16(21)19-14)9-18-11-4-2-1-3-5-11/h1-9H,(H2,19,20,21). The SMILES string of the molecule is Oc1nc2ccc(Cl)cc2c(O)c1C=Nc1ccccc1. The van der Waals surface area contributed by atoms with Gasteiger partial charge in [0.2, 0.25) is 5.88 Å². The Morgan fingerprint density at radius 2 is 1.81 bits per heavy atom. The zero-order chi connectivity index (χ0) is 14.8. The quantitative estimate of drug-likeness (QED) is 0.701. The Morgan fingerprint density at radius 3 is 2.57 bits per heavy atom. The van der Waals surface area contributed by atoms with Crippen molar-refractivity contribution in [1.82, 2.24) is 4.98 Å². The first-order valence-corrected chi connectivity index (χ1v) is 6.63. The smallest absolute Gasteiger partial charge is 0.224 e. The molecule has 1 aromatic heterocycles. The monoisotopic (exact) mass is 298 g/mol. The maximum atomic E-state index is 10.3. The Labute approximate surface area is 126 Å². The number of pyridine rings is 1. The van der Waals surface area contributed by atoms with Crippen LogP contribution in [0, 0.1) is 0 Å².